The molecule has 0 aliphatic heterocycles. The molecule has 1 saturated carbocycles. The van der Waals surface area contributed by atoms with Crippen LogP contribution in [0.5, 0.6) is 0 Å². The van der Waals surface area contributed by atoms with Crippen molar-refractivity contribution in [2.75, 3.05) is 5.32 Å². The fourth-order valence-corrected chi connectivity index (χ4v) is 3.36. The van der Waals surface area contributed by atoms with Crippen LogP contribution in [0.15, 0.2) is 54.6 Å². The molecule has 1 aliphatic rings. The number of nitrogens with one attached hydrogen (secondary N) is 1. The molecule has 1 heterocycles. The molecule has 0 radical (unpaired) electrons. The highest BCUT2D eigenvalue weighted by atomic mass is 16.3. The normalized spacial score (nSPS) is 20.9. The van der Waals surface area contributed by atoms with Crippen molar-refractivity contribution < 1.29 is 5.11 Å². The van der Waals surface area contributed by atoms with Gasteiger partial charge in [-0.3, -0.25) is 0 Å². The number of aromatic nitrogens is 2. The quantitative estimate of drug-likeness (QED) is 0.766. The van der Waals surface area contributed by atoms with E-state index < -0.39 is 0 Å². The van der Waals surface area contributed by atoms with Crippen molar-refractivity contribution in [3.05, 3.63) is 54.6 Å². The standard InChI is InChI=1S/C20H21N3O/c24-18-13-7-6-12-17(18)22-20-15-10-4-5-11-16(15)21-19(23-20)14-8-2-1-3-9-14/h1-5,8-11,17-18,24H,6-7,12-13H2,(H,21,22,23)/t17-,18-/m1/s1. The minimum absolute atomic E-state index is 0.0562. The largest absolute Gasteiger partial charge is 0.391 e. The molecular formula is C20H21N3O. The smallest absolute Gasteiger partial charge is 0.162 e. The SMILES string of the molecule is O[C@@H]1CCCC[C@H]1Nc1nc(-c2ccccc2)nc2ccccc12. The Hall–Kier alpha value is -2.46. The summed E-state index contributed by atoms with van der Waals surface area (Å²) in [4.78, 5) is 9.47. The molecule has 2 atom stereocenters. The van der Waals surface area contributed by atoms with Crippen LogP contribution in [0.4, 0.5) is 5.82 Å². The molecule has 1 aliphatic carbocycles. The minimum atomic E-state index is -0.312. The maximum absolute atomic E-state index is 10.3. The molecule has 4 nitrogen and oxygen atoms in total. The zero-order chi connectivity index (χ0) is 16.4. The lowest BCUT2D eigenvalue weighted by molar-refractivity contribution is 0.116. The third-order valence-corrected chi connectivity index (χ3v) is 4.69. The molecule has 0 bridgehead atoms. The predicted molar refractivity (Wildman–Crippen MR) is 96.9 cm³/mol. The Bertz CT molecular complexity index is 835. The average molecular weight is 319 g/mol. The molecule has 1 fully saturated rings. The van der Waals surface area contributed by atoms with E-state index in [1.54, 1.807) is 0 Å². The van der Waals surface area contributed by atoms with Crippen molar-refractivity contribution in [2.24, 2.45) is 0 Å². The Morgan fingerprint density at radius 3 is 2.46 bits per heavy atom. The van der Waals surface area contributed by atoms with Crippen LogP contribution >= 0.6 is 0 Å². The second kappa shape index (κ2) is 6.57. The molecule has 0 spiro atoms. The van der Waals surface area contributed by atoms with E-state index in [1.807, 2.05) is 54.6 Å². The van der Waals surface area contributed by atoms with E-state index >= 15 is 0 Å². The zero-order valence-corrected chi connectivity index (χ0v) is 13.5. The van der Waals surface area contributed by atoms with E-state index in [0.717, 1.165) is 48.0 Å². The molecule has 122 valence electrons. The fourth-order valence-electron chi connectivity index (χ4n) is 3.36. The zero-order valence-electron chi connectivity index (χ0n) is 13.5. The maximum Gasteiger partial charge on any atom is 0.162 e. The van der Waals surface area contributed by atoms with Crippen LogP contribution in [-0.4, -0.2) is 27.2 Å². The molecule has 0 saturated heterocycles. The number of aliphatic hydroxyl groups is 1. The van der Waals surface area contributed by atoms with Crippen molar-refractivity contribution >= 4 is 16.7 Å². The van der Waals surface area contributed by atoms with Crippen LogP contribution in [0.3, 0.4) is 0 Å². The number of rotatable bonds is 3. The Balaban J connectivity index is 1.78. The van der Waals surface area contributed by atoms with E-state index in [0.29, 0.717) is 5.82 Å². The van der Waals surface area contributed by atoms with Crippen LogP contribution in [0.1, 0.15) is 25.7 Å². The molecule has 1 aromatic heterocycles. The van der Waals surface area contributed by atoms with Crippen LogP contribution in [0, 0.1) is 0 Å². The van der Waals surface area contributed by atoms with Crippen LogP contribution < -0.4 is 5.32 Å². The molecule has 3 aromatic rings. The van der Waals surface area contributed by atoms with E-state index in [-0.39, 0.29) is 12.1 Å². The summed E-state index contributed by atoms with van der Waals surface area (Å²) in [5, 5.41) is 14.8. The molecule has 4 rings (SSSR count). The number of nitrogens with zero attached hydrogens (tertiary/aromatic N) is 2. The van der Waals surface area contributed by atoms with Gasteiger partial charge < -0.3 is 10.4 Å². The highest BCUT2D eigenvalue weighted by Gasteiger charge is 2.24. The van der Waals surface area contributed by atoms with Crippen molar-refractivity contribution in [2.45, 2.75) is 37.8 Å². The summed E-state index contributed by atoms with van der Waals surface area (Å²) in [5.41, 5.74) is 1.91. The topological polar surface area (TPSA) is 58.0 Å². The lowest BCUT2D eigenvalue weighted by atomic mass is 9.92. The van der Waals surface area contributed by atoms with Crippen LogP contribution in [0.2, 0.25) is 0 Å². The van der Waals surface area contributed by atoms with E-state index in [9.17, 15) is 5.11 Å². The van der Waals surface area contributed by atoms with Gasteiger partial charge >= 0.3 is 0 Å². The molecular weight excluding hydrogens is 298 g/mol. The molecule has 24 heavy (non-hydrogen) atoms. The summed E-state index contributed by atoms with van der Waals surface area (Å²) in [6.07, 6.45) is 3.75. The van der Waals surface area contributed by atoms with Gasteiger partial charge in [0.15, 0.2) is 5.82 Å². The van der Waals surface area contributed by atoms with Gasteiger partial charge in [-0.15, -0.1) is 0 Å². The van der Waals surface area contributed by atoms with Gasteiger partial charge in [0.2, 0.25) is 0 Å². The molecule has 0 amide bonds. The number of anilines is 1. The van der Waals surface area contributed by atoms with Gasteiger partial charge in [-0.05, 0) is 25.0 Å². The van der Waals surface area contributed by atoms with Crippen molar-refractivity contribution in [3.8, 4) is 11.4 Å². The summed E-state index contributed by atoms with van der Waals surface area (Å²) >= 11 is 0. The van der Waals surface area contributed by atoms with Gasteiger partial charge in [0.05, 0.1) is 17.7 Å². The summed E-state index contributed by atoms with van der Waals surface area (Å²) in [5.74, 6) is 1.52. The summed E-state index contributed by atoms with van der Waals surface area (Å²) < 4.78 is 0. The lowest BCUT2D eigenvalue weighted by Crippen LogP contribution is -2.36. The Morgan fingerprint density at radius 1 is 0.875 bits per heavy atom. The number of para-hydroxylation sites is 1. The summed E-state index contributed by atoms with van der Waals surface area (Å²) in [6, 6.07) is 18.1. The van der Waals surface area contributed by atoms with Crippen LogP contribution in [0.25, 0.3) is 22.3 Å². The molecule has 2 aromatic carbocycles. The highest BCUT2D eigenvalue weighted by molar-refractivity contribution is 5.90. The summed E-state index contributed by atoms with van der Waals surface area (Å²) in [6.45, 7) is 0. The van der Waals surface area contributed by atoms with E-state index in [4.69, 9.17) is 9.97 Å². The average Bonchev–Trinajstić information content (AvgIpc) is 2.64. The number of fused-ring (bicyclic) bond motifs is 1. The van der Waals surface area contributed by atoms with Gasteiger partial charge in [0.25, 0.3) is 0 Å². The number of hydrogen-bond donors (Lipinski definition) is 2. The first-order chi connectivity index (χ1) is 11.8. The van der Waals surface area contributed by atoms with Gasteiger partial charge in [-0.25, -0.2) is 9.97 Å². The number of hydrogen-bond acceptors (Lipinski definition) is 4. The Morgan fingerprint density at radius 2 is 1.62 bits per heavy atom. The Kier molecular flexibility index (Phi) is 4.13. The minimum Gasteiger partial charge on any atom is -0.391 e. The molecule has 4 heteroatoms. The number of aliphatic hydroxyl groups excluding tert-OH is 1. The predicted octanol–water partition coefficient (Wildman–Crippen LogP) is 4.01. The third kappa shape index (κ3) is 2.97. The fraction of sp³-hybridized carbons (Fsp3) is 0.300. The first-order valence-corrected chi connectivity index (χ1v) is 8.58. The van der Waals surface area contributed by atoms with Gasteiger partial charge in [0, 0.05) is 10.9 Å². The van der Waals surface area contributed by atoms with Crippen molar-refractivity contribution in [3.63, 3.8) is 0 Å². The van der Waals surface area contributed by atoms with Crippen molar-refractivity contribution in [1.82, 2.24) is 9.97 Å². The monoisotopic (exact) mass is 319 g/mol. The van der Waals surface area contributed by atoms with Gasteiger partial charge in [-0.2, -0.15) is 0 Å². The highest BCUT2D eigenvalue weighted by Crippen LogP contribution is 2.28. The molecule has 2 N–H and O–H groups in total. The number of benzene rings is 2. The lowest BCUT2D eigenvalue weighted by Gasteiger charge is -2.29. The first-order valence-electron chi connectivity index (χ1n) is 8.58. The Labute approximate surface area is 141 Å². The summed E-state index contributed by atoms with van der Waals surface area (Å²) in [7, 11) is 0. The maximum atomic E-state index is 10.3. The van der Waals surface area contributed by atoms with Gasteiger partial charge in [0.1, 0.15) is 5.82 Å². The van der Waals surface area contributed by atoms with E-state index in [2.05, 4.69) is 5.32 Å². The second-order valence-corrected chi connectivity index (χ2v) is 6.38. The second-order valence-electron chi connectivity index (χ2n) is 6.38. The molecule has 0 unspecified atom stereocenters. The van der Waals surface area contributed by atoms with E-state index in [1.165, 1.54) is 0 Å². The first kappa shape index (κ1) is 15.1. The van der Waals surface area contributed by atoms with Gasteiger partial charge in [-0.1, -0.05) is 55.3 Å². The van der Waals surface area contributed by atoms with Crippen LogP contribution in [-0.2, 0) is 0 Å². The van der Waals surface area contributed by atoms with Crippen molar-refractivity contribution in [1.29, 1.82) is 0 Å². The third-order valence-electron chi connectivity index (χ3n) is 4.69.